The Morgan fingerprint density at radius 1 is 0.882 bits per heavy atom. The molecule has 0 saturated carbocycles. The smallest absolute Gasteiger partial charge is 0.322 e. The largest absolute Gasteiger partial charge is 0.464 e. The van der Waals surface area contributed by atoms with Gasteiger partial charge in [-0.2, -0.15) is 0 Å². The molecule has 0 fully saturated rings. The fraction of sp³-hybridized carbons (Fsp3) is 0.286. The average molecular weight is 458 g/mol. The molecule has 34 heavy (non-hydrogen) atoms. The number of carbonyl (C=O) groups is 2. The Balaban J connectivity index is 1.28. The number of nitrogens with one attached hydrogen (secondary N) is 2. The van der Waals surface area contributed by atoms with E-state index in [0.717, 1.165) is 16.7 Å². The first-order valence-electron chi connectivity index (χ1n) is 11.7. The minimum absolute atomic E-state index is 0.00243. The van der Waals surface area contributed by atoms with E-state index in [4.69, 9.17) is 10.5 Å². The summed E-state index contributed by atoms with van der Waals surface area (Å²) >= 11 is 0. The number of amides is 1. The van der Waals surface area contributed by atoms with E-state index in [1.165, 1.54) is 11.1 Å². The van der Waals surface area contributed by atoms with Gasteiger partial charge in [0.1, 0.15) is 12.6 Å². The van der Waals surface area contributed by atoms with Crippen molar-refractivity contribution in [1.29, 1.82) is 0 Å². The van der Waals surface area contributed by atoms with Gasteiger partial charge in [0.15, 0.2) is 0 Å². The highest BCUT2D eigenvalue weighted by atomic mass is 16.5. The number of hydrogen-bond acceptors (Lipinski definition) is 5. The number of nitrogens with two attached hydrogens (primary N) is 1. The summed E-state index contributed by atoms with van der Waals surface area (Å²) < 4.78 is 5.65. The predicted octanol–water partition coefficient (Wildman–Crippen LogP) is 3.35. The summed E-state index contributed by atoms with van der Waals surface area (Å²) in [5.41, 5.74) is 11.8. The normalized spacial score (nSPS) is 14.1. The molecule has 3 aromatic carbocycles. The van der Waals surface area contributed by atoms with Crippen molar-refractivity contribution >= 4 is 11.9 Å². The van der Waals surface area contributed by atoms with Crippen LogP contribution in [0.25, 0.3) is 11.1 Å². The number of likely N-dealkylation sites (N-methyl/N-ethyl adjacent to an activating group) is 1. The van der Waals surface area contributed by atoms with Gasteiger partial charge in [0.25, 0.3) is 0 Å². The van der Waals surface area contributed by atoms with Crippen molar-refractivity contribution in [3.05, 3.63) is 95.6 Å². The molecule has 6 heteroatoms. The van der Waals surface area contributed by atoms with Crippen LogP contribution < -0.4 is 16.4 Å². The Bertz CT molecular complexity index is 1090. The van der Waals surface area contributed by atoms with E-state index < -0.39 is 18.1 Å². The van der Waals surface area contributed by atoms with Gasteiger partial charge in [0.2, 0.25) is 5.91 Å². The van der Waals surface area contributed by atoms with Crippen molar-refractivity contribution in [3.8, 4) is 11.1 Å². The van der Waals surface area contributed by atoms with Crippen LogP contribution >= 0.6 is 0 Å². The third-order valence-electron chi connectivity index (χ3n) is 6.40. The highest BCUT2D eigenvalue weighted by Gasteiger charge is 2.30. The van der Waals surface area contributed by atoms with Crippen LogP contribution in [0.15, 0.2) is 78.9 Å². The molecule has 0 aromatic heterocycles. The van der Waals surface area contributed by atoms with Gasteiger partial charge in [0, 0.05) is 12.5 Å². The van der Waals surface area contributed by atoms with Gasteiger partial charge in [-0.1, -0.05) is 78.9 Å². The fourth-order valence-electron chi connectivity index (χ4n) is 4.49. The molecule has 0 bridgehead atoms. The predicted molar refractivity (Wildman–Crippen MR) is 133 cm³/mol. The number of ether oxygens (including phenoxy) is 1. The van der Waals surface area contributed by atoms with E-state index in [-0.39, 0.29) is 18.4 Å². The van der Waals surface area contributed by atoms with Crippen molar-refractivity contribution in [1.82, 2.24) is 10.6 Å². The molecule has 4 rings (SSSR count). The molecule has 6 nitrogen and oxygen atoms in total. The summed E-state index contributed by atoms with van der Waals surface area (Å²) in [5, 5.41) is 5.94. The molecule has 1 amide bonds. The maximum absolute atomic E-state index is 12.6. The van der Waals surface area contributed by atoms with Gasteiger partial charge < -0.3 is 21.1 Å². The first-order chi connectivity index (χ1) is 16.6. The molecule has 2 atom stereocenters. The van der Waals surface area contributed by atoms with Gasteiger partial charge in [-0.25, -0.2) is 0 Å². The van der Waals surface area contributed by atoms with Crippen LogP contribution in [-0.2, 0) is 20.9 Å². The van der Waals surface area contributed by atoms with E-state index in [0.29, 0.717) is 19.4 Å². The quantitative estimate of drug-likeness (QED) is 0.406. The Hall–Kier alpha value is -3.48. The monoisotopic (exact) mass is 457 g/mol. The topological polar surface area (TPSA) is 93.4 Å². The summed E-state index contributed by atoms with van der Waals surface area (Å²) in [7, 11) is 1.73. The highest BCUT2D eigenvalue weighted by Crippen LogP contribution is 2.44. The van der Waals surface area contributed by atoms with Crippen LogP contribution in [0.5, 0.6) is 0 Å². The van der Waals surface area contributed by atoms with Gasteiger partial charge >= 0.3 is 5.97 Å². The molecular formula is C28H31N3O3. The third kappa shape index (κ3) is 5.35. The lowest BCUT2D eigenvalue weighted by Crippen LogP contribution is -2.44. The molecule has 0 saturated heterocycles. The maximum Gasteiger partial charge on any atom is 0.322 e. The second-order valence-electron chi connectivity index (χ2n) is 8.59. The van der Waals surface area contributed by atoms with Crippen LogP contribution in [0.2, 0.25) is 0 Å². The van der Waals surface area contributed by atoms with E-state index in [2.05, 4.69) is 34.9 Å². The molecule has 1 unspecified atom stereocenters. The van der Waals surface area contributed by atoms with Gasteiger partial charge in [-0.05, 0) is 47.7 Å². The number of fused-ring (bicyclic) bond motifs is 3. The summed E-state index contributed by atoms with van der Waals surface area (Å²) in [6.45, 7) is 0.698. The first kappa shape index (κ1) is 23.7. The number of benzene rings is 3. The van der Waals surface area contributed by atoms with E-state index in [9.17, 15) is 9.59 Å². The van der Waals surface area contributed by atoms with Crippen LogP contribution in [0.3, 0.4) is 0 Å². The molecule has 0 aliphatic heterocycles. The molecule has 0 heterocycles. The van der Waals surface area contributed by atoms with Crippen LogP contribution in [0, 0.1) is 0 Å². The zero-order valence-corrected chi connectivity index (χ0v) is 19.4. The molecule has 1 aliphatic rings. The Morgan fingerprint density at radius 2 is 1.47 bits per heavy atom. The van der Waals surface area contributed by atoms with Crippen molar-refractivity contribution in [2.75, 3.05) is 13.7 Å². The van der Waals surface area contributed by atoms with Gasteiger partial charge in [-0.3, -0.25) is 9.59 Å². The molecule has 0 radical (unpaired) electrons. The Morgan fingerprint density at radius 3 is 2.09 bits per heavy atom. The molecule has 3 aromatic rings. The molecule has 4 N–H and O–H groups in total. The number of hydrogen-bond donors (Lipinski definition) is 3. The lowest BCUT2D eigenvalue weighted by atomic mass is 9.98. The maximum atomic E-state index is 12.6. The van der Waals surface area contributed by atoms with Crippen LogP contribution in [-0.4, -0.2) is 37.6 Å². The third-order valence-corrected chi connectivity index (χ3v) is 6.40. The summed E-state index contributed by atoms with van der Waals surface area (Å²) in [6, 6.07) is 24.9. The zero-order valence-electron chi connectivity index (χ0n) is 19.4. The zero-order chi connectivity index (χ0) is 23.9. The molecule has 176 valence electrons. The first-order valence-corrected chi connectivity index (χ1v) is 11.7. The van der Waals surface area contributed by atoms with Crippen molar-refractivity contribution in [3.63, 3.8) is 0 Å². The van der Waals surface area contributed by atoms with E-state index in [1.807, 2.05) is 54.6 Å². The van der Waals surface area contributed by atoms with E-state index in [1.54, 1.807) is 7.05 Å². The summed E-state index contributed by atoms with van der Waals surface area (Å²) in [4.78, 5) is 25.2. The standard InChI is InChI=1S/C28H31N3O3/c1-30-26(27(32)31-17-19-9-3-2-4-10-19)16-15-25(29)28(33)34-18-24-22-13-7-5-11-20(22)21-12-6-8-14-23(21)24/h2-14,24-26,30H,15-18,29H2,1H3,(H,31,32)/t25?,26-/m0/s1. The Kier molecular flexibility index (Phi) is 7.72. The molecule has 1 aliphatic carbocycles. The summed E-state index contributed by atoms with van der Waals surface area (Å²) in [6.07, 6.45) is 0.781. The minimum Gasteiger partial charge on any atom is -0.464 e. The number of rotatable bonds is 10. The SMILES string of the molecule is CN[C@@H](CCC(N)C(=O)OCC1c2ccccc2-c2ccccc21)C(=O)NCc1ccccc1. The van der Waals surface area contributed by atoms with Gasteiger partial charge in [-0.15, -0.1) is 0 Å². The second kappa shape index (κ2) is 11.1. The average Bonchev–Trinajstić information content (AvgIpc) is 3.20. The summed E-state index contributed by atoms with van der Waals surface area (Å²) in [5.74, 6) is -0.565. The fourth-order valence-corrected chi connectivity index (χ4v) is 4.49. The highest BCUT2D eigenvalue weighted by molar-refractivity contribution is 5.82. The van der Waals surface area contributed by atoms with Crippen molar-refractivity contribution in [2.24, 2.45) is 5.73 Å². The van der Waals surface area contributed by atoms with Crippen molar-refractivity contribution in [2.45, 2.75) is 37.4 Å². The number of esters is 1. The van der Waals surface area contributed by atoms with Crippen LogP contribution in [0.4, 0.5) is 0 Å². The lowest BCUT2D eigenvalue weighted by Gasteiger charge is -2.19. The minimum atomic E-state index is -0.787. The van der Waals surface area contributed by atoms with E-state index >= 15 is 0 Å². The molecular weight excluding hydrogens is 426 g/mol. The van der Waals surface area contributed by atoms with Crippen molar-refractivity contribution < 1.29 is 14.3 Å². The van der Waals surface area contributed by atoms with Gasteiger partial charge in [0.05, 0.1) is 6.04 Å². The second-order valence-corrected chi connectivity index (χ2v) is 8.59. The number of carbonyl (C=O) groups excluding carboxylic acids is 2. The Labute approximate surface area is 200 Å². The molecule has 0 spiro atoms. The lowest BCUT2D eigenvalue weighted by molar-refractivity contribution is -0.145. The van der Waals surface area contributed by atoms with Crippen LogP contribution in [0.1, 0.15) is 35.4 Å².